The molecule has 0 amide bonds. The molecule has 78 valence electrons. The molecule has 0 saturated heterocycles. The zero-order valence-corrected chi connectivity index (χ0v) is 8.41. The van der Waals surface area contributed by atoms with Crippen LogP contribution < -0.4 is 0 Å². The van der Waals surface area contributed by atoms with E-state index in [2.05, 4.69) is 0 Å². The van der Waals surface area contributed by atoms with Crippen molar-refractivity contribution in [3.8, 4) is 0 Å². The van der Waals surface area contributed by atoms with Crippen LogP contribution in [-0.2, 0) is 9.36 Å². The lowest BCUT2D eigenvalue weighted by atomic mass is 10.2. The molecule has 2 unspecified atom stereocenters. The number of rotatable bonds is 6. The second-order valence-corrected chi connectivity index (χ2v) is 5.55. The van der Waals surface area contributed by atoms with Gasteiger partial charge in [0.05, 0.1) is 13.0 Å². The third kappa shape index (κ3) is 4.41. The Balaban J connectivity index is 4.37. The Morgan fingerprint density at radius 3 is 2.38 bits per heavy atom. The molecular formula is C7H15O5P. The summed E-state index contributed by atoms with van der Waals surface area (Å²) in [4.78, 5) is 19.7. The Morgan fingerprint density at radius 2 is 2.08 bits per heavy atom. The fourth-order valence-corrected chi connectivity index (χ4v) is 2.76. The maximum absolute atomic E-state index is 11.4. The van der Waals surface area contributed by atoms with E-state index in [0.717, 1.165) is 0 Å². The first kappa shape index (κ1) is 12.6. The maximum Gasteiger partial charge on any atom is 0.304 e. The lowest BCUT2D eigenvalue weighted by Gasteiger charge is -2.19. The molecule has 0 saturated carbocycles. The molecule has 2 atom stereocenters. The number of hydrogen-bond acceptors (Lipinski definition) is 3. The Morgan fingerprint density at radius 1 is 1.54 bits per heavy atom. The highest BCUT2D eigenvalue weighted by Gasteiger charge is 2.30. The van der Waals surface area contributed by atoms with Gasteiger partial charge < -0.3 is 15.1 Å². The van der Waals surface area contributed by atoms with Crippen LogP contribution in [0.4, 0.5) is 0 Å². The monoisotopic (exact) mass is 210 g/mol. The van der Waals surface area contributed by atoms with Crippen molar-refractivity contribution >= 4 is 13.3 Å². The molecule has 0 aliphatic heterocycles. The van der Waals surface area contributed by atoms with Crippen molar-refractivity contribution in [2.24, 2.45) is 0 Å². The minimum Gasteiger partial charge on any atom is -0.481 e. The van der Waals surface area contributed by atoms with Gasteiger partial charge in [0, 0.05) is 11.8 Å². The van der Waals surface area contributed by atoms with E-state index in [1.807, 2.05) is 0 Å². The van der Waals surface area contributed by atoms with Gasteiger partial charge in [-0.3, -0.25) is 9.36 Å². The van der Waals surface area contributed by atoms with E-state index >= 15 is 0 Å². The highest BCUT2D eigenvalue weighted by atomic mass is 31.2. The topological polar surface area (TPSA) is 94.8 Å². The number of carboxylic acids is 1. The fourth-order valence-electron chi connectivity index (χ4n) is 1.10. The predicted molar refractivity (Wildman–Crippen MR) is 48.1 cm³/mol. The molecule has 3 N–H and O–H groups in total. The molecule has 5 nitrogen and oxygen atoms in total. The molecule has 0 aliphatic rings. The summed E-state index contributed by atoms with van der Waals surface area (Å²) in [6, 6.07) is 0. The summed E-state index contributed by atoms with van der Waals surface area (Å²) in [5.74, 6) is -1.08. The fraction of sp³-hybridized carbons (Fsp3) is 0.857. The molecule has 0 aromatic rings. The summed E-state index contributed by atoms with van der Waals surface area (Å²) in [5, 5.41) is 17.0. The van der Waals surface area contributed by atoms with Gasteiger partial charge in [-0.2, -0.15) is 0 Å². The molecular weight excluding hydrogens is 195 g/mol. The van der Waals surface area contributed by atoms with Gasteiger partial charge in [0.2, 0.25) is 7.37 Å². The predicted octanol–water partition coefficient (Wildman–Crippen LogP) is 0.502. The SMILES string of the molecule is CCC(CC(=O)O)P(=O)(O)CCO. The average molecular weight is 210 g/mol. The number of aliphatic hydroxyl groups excluding tert-OH is 1. The van der Waals surface area contributed by atoms with Crippen molar-refractivity contribution in [2.75, 3.05) is 12.8 Å². The summed E-state index contributed by atoms with van der Waals surface area (Å²) in [6.45, 7) is 1.28. The van der Waals surface area contributed by atoms with E-state index in [1.165, 1.54) is 0 Å². The van der Waals surface area contributed by atoms with Gasteiger partial charge in [0.1, 0.15) is 0 Å². The van der Waals surface area contributed by atoms with E-state index in [9.17, 15) is 14.3 Å². The van der Waals surface area contributed by atoms with Gasteiger partial charge in [-0.1, -0.05) is 6.92 Å². The van der Waals surface area contributed by atoms with Crippen molar-refractivity contribution in [3.63, 3.8) is 0 Å². The first-order chi connectivity index (χ1) is 5.94. The molecule has 13 heavy (non-hydrogen) atoms. The van der Waals surface area contributed by atoms with Crippen LogP contribution in [0, 0.1) is 0 Å². The van der Waals surface area contributed by atoms with E-state index in [0.29, 0.717) is 6.42 Å². The lowest BCUT2D eigenvalue weighted by Crippen LogP contribution is -2.16. The van der Waals surface area contributed by atoms with Gasteiger partial charge in [0.25, 0.3) is 0 Å². The van der Waals surface area contributed by atoms with Crippen molar-refractivity contribution in [1.82, 2.24) is 0 Å². The summed E-state index contributed by atoms with van der Waals surface area (Å²) in [6.07, 6.45) is -0.205. The first-order valence-electron chi connectivity index (χ1n) is 4.08. The Bertz CT molecular complexity index is 215. The van der Waals surface area contributed by atoms with Crippen LogP contribution in [0.1, 0.15) is 19.8 Å². The molecule has 0 spiro atoms. The first-order valence-corrected chi connectivity index (χ1v) is 5.99. The van der Waals surface area contributed by atoms with Gasteiger partial charge in [-0.05, 0) is 6.42 Å². The number of aliphatic carboxylic acids is 1. The zero-order chi connectivity index (χ0) is 10.5. The van der Waals surface area contributed by atoms with E-state index in [4.69, 9.17) is 10.2 Å². The largest absolute Gasteiger partial charge is 0.481 e. The standard InChI is InChI=1S/C7H15O5P/c1-2-6(5-7(9)10)13(11,12)4-3-8/h6,8H,2-5H2,1H3,(H,9,10)(H,11,12). The minimum absolute atomic E-state index is 0.223. The van der Waals surface area contributed by atoms with Crippen LogP contribution >= 0.6 is 7.37 Å². The molecule has 0 radical (unpaired) electrons. The lowest BCUT2D eigenvalue weighted by molar-refractivity contribution is -0.137. The zero-order valence-electron chi connectivity index (χ0n) is 7.51. The van der Waals surface area contributed by atoms with Crippen molar-refractivity contribution < 1.29 is 24.5 Å². The Labute approximate surface area is 76.8 Å². The van der Waals surface area contributed by atoms with Gasteiger partial charge in [-0.15, -0.1) is 0 Å². The minimum atomic E-state index is -3.49. The van der Waals surface area contributed by atoms with Crippen LogP contribution in [0.2, 0.25) is 0 Å². The normalized spacial score (nSPS) is 17.8. The Kier molecular flexibility index (Phi) is 5.21. The molecule has 0 aliphatic carbocycles. The van der Waals surface area contributed by atoms with Crippen LogP contribution in [0.15, 0.2) is 0 Å². The molecule has 0 rings (SSSR count). The quantitative estimate of drug-likeness (QED) is 0.555. The van der Waals surface area contributed by atoms with E-state index in [1.54, 1.807) is 6.92 Å². The molecule has 0 fully saturated rings. The number of carbonyl (C=O) groups is 1. The molecule has 6 heteroatoms. The second-order valence-electron chi connectivity index (χ2n) is 2.86. The van der Waals surface area contributed by atoms with Crippen molar-refractivity contribution in [3.05, 3.63) is 0 Å². The maximum atomic E-state index is 11.4. The number of aliphatic hydroxyl groups is 1. The molecule has 0 aromatic heterocycles. The molecule has 0 aromatic carbocycles. The highest BCUT2D eigenvalue weighted by Crippen LogP contribution is 2.48. The summed E-state index contributed by atoms with van der Waals surface area (Å²) >= 11 is 0. The summed E-state index contributed by atoms with van der Waals surface area (Å²) < 4.78 is 11.4. The third-order valence-corrected chi connectivity index (χ3v) is 4.40. The van der Waals surface area contributed by atoms with Crippen LogP contribution in [0.25, 0.3) is 0 Å². The third-order valence-electron chi connectivity index (χ3n) is 1.87. The highest BCUT2D eigenvalue weighted by molar-refractivity contribution is 7.58. The summed E-state index contributed by atoms with van der Waals surface area (Å²) in [5.41, 5.74) is -0.739. The smallest absolute Gasteiger partial charge is 0.304 e. The number of hydrogen-bond donors (Lipinski definition) is 3. The molecule has 0 bridgehead atoms. The van der Waals surface area contributed by atoms with Gasteiger partial charge in [-0.25, -0.2) is 0 Å². The van der Waals surface area contributed by atoms with Crippen molar-refractivity contribution in [1.29, 1.82) is 0 Å². The average Bonchev–Trinajstić information content (AvgIpc) is 1.99. The van der Waals surface area contributed by atoms with Crippen LogP contribution in [-0.4, -0.2) is 39.5 Å². The van der Waals surface area contributed by atoms with Crippen molar-refractivity contribution in [2.45, 2.75) is 25.4 Å². The van der Waals surface area contributed by atoms with Gasteiger partial charge >= 0.3 is 5.97 Å². The summed E-state index contributed by atoms with van der Waals surface area (Å²) in [7, 11) is -3.49. The van der Waals surface area contributed by atoms with Crippen LogP contribution in [0.3, 0.4) is 0 Å². The van der Waals surface area contributed by atoms with Crippen LogP contribution in [0.5, 0.6) is 0 Å². The van der Waals surface area contributed by atoms with Gasteiger partial charge in [0.15, 0.2) is 0 Å². The Hall–Kier alpha value is -0.380. The second kappa shape index (κ2) is 5.37. The molecule has 0 heterocycles. The van der Waals surface area contributed by atoms with E-state index < -0.39 is 19.0 Å². The number of carboxylic acid groups (broad SMARTS) is 1. The van der Waals surface area contributed by atoms with E-state index in [-0.39, 0.29) is 19.2 Å².